The third-order valence-electron chi connectivity index (χ3n) is 4.32. The van der Waals surface area contributed by atoms with Gasteiger partial charge in [0.05, 0.1) is 6.10 Å². The monoisotopic (exact) mass is 241 g/mol. The highest BCUT2D eigenvalue weighted by atomic mass is 16.3. The Labute approximate surface area is 105 Å². The predicted octanol–water partition coefficient (Wildman–Crippen LogP) is 0.125. The molecule has 2 fully saturated rings. The van der Waals surface area contributed by atoms with Crippen molar-refractivity contribution in [2.45, 2.75) is 43.9 Å². The molecule has 2 rings (SSSR count). The van der Waals surface area contributed by atoms with Gasteiger partial charge >= 0.3 is 0 Å². The molecular formula is C13H27N3O. The van der Waals surface area contributed by atoms with Gasteiger partial charge in [0.25, 0.3) is 0 Å². The second-order valence-electron chi connectivity index (χ2n) is 5.81. The van der Waals surface area contributed by atoms with Crippen molar-refractivity contribution in [1.82, 2.24) is 15.1 Å². The molecule has 0 aromatic heterocycles. The van der Waals surface area contributed by atoms with Gasteiger partial charge in [0.1, 0.15) is 0 Å². The third-order valence-corrected chi connectivity index (χ3v) is 4.32. The Hall–Kier alpha value is -0.160. The van der Waals surface area contributed by atoms with Crippen LogP contribution in [0.15, 0.2) is 0 Å². The van der Waals surface area contributed by atoms with E-state index in [2.05, 4.69) is 29.2 Å². The molecule has 17 heavy (non-hydrogen) atoms. The zero-order chi connectivity index (χ0) is 12.3. The van der Waals surface area contributed by atoms with E-state index in [1.54, 1.807) is 0 Å². The fourth-order valence-corrected chi connectivity index (χ4v) is 2.90. The summed E-state index contributed by atoms with van der Waals surface area (Å²) < 4.78 is 0. The van der Waals surface area contributed by atoms with Gasteiger partial charge in [-0.3, -0.25) is 4.90 Å². The van der Waals surface area contributed by atoms with Gasteiger partial charge in [-0.2, -0.15) is 0 Å². The fraction of sp³-hybridized carbons (Fsp3) is 1.00. The highest BCUT2D eigenvalue weighted by Crippen LogP contribution is 2.18. The Kier molecular flexibility index (Phi) is 4.79. The lowest BCUT2D eigenvalue weighted by atomic mass is 9.93. The van der Waals surface area contributed by atoms with E-state index in [0.29, 0.717) is 12.1 Å². The summed E-state index contributed by atoms with van der Waals surface area (Å²) in [7, 11) is 4.43. The van der Waals surface area contributed by atoms with Crippen LogP contribution in [0.1, 0.15) is 25.7 Å². The van der Waals surface area contributed by atoms with Crippen LogP contribution in [-0.4, -0.2) is 73.4 Å². The number of likely N-dealkylation sites (N-methyl/N-ethyl adjacent to an activating group) is 2. The van der Waals surface area contributed by atoms with Gasteiger partial charge in [0.2, 0.25) is 0 Å². The van der Waals surface area contributed by atoms with E-state index in [4.69, 9.17) is 0 Å². The standard InChI is InChI=1S/C13H27N3O/c1-15-7-8-16(2)12(10-15)9-14-11-3-5-13(17)6-4-11/h11-14,17H,3-10H2,1-2H3. The van der Waals surface area contributed by atoms with E-state index in [9.17, 15) is 5.11 Å². The summed E-state index contributed by atoms with van der Waals surface area (Å²) in [5.41, 5.74) is 0. The molecule has 1 aliphatic carbocycles. The lowest BCUT2D eigenvalue weighted by molar-refractivity contribution is 0.0971. The van der Waals surface area contributed by atoms with Crippen molar-refractivity contribution in [2.75, 3.05) is 40.3 Å². The third kappa shape index (κ3) is 3.91. The first-order chi connectivity index (χ1) is 8.15. The highest BCUT2D eigenvalue weighted by molar-refractivity contribution is 4.83. The van der Waals surface area contributed by atoms with Crippen molar-refractivity contribution in [2.24, 2.45) is 0 Å². The quantitative estimate of drug-likeness (QED) is 0.736. The second-order valence-corrected chi connectivity index (χ2v) is 5.81. The minimum Gasteiger partial charge on any atom is -0.393 e. The molecular weight excluding hydrogens is 214 g/mol. The zero-order valence-corrected chi connectivity index (χ0v) is 11.2. The van der Waals surface area contributed by atoms with Crippen molar-refractivity contribution in [3.05, 3.63) is 0 Å². The van der Waals surface area contributed by atoms with Crippen LogP contribution in [0.2, 0.25) is 0 Å². The van der Waals surface area contributed by atoms with Crippen molar-refractivity contribution in [1.29, 1.82) is 0 Å². The minimum absolute atomic E-state index is 0.0449. The van der Waals surface area contributed by atoms with E-state index in [0.717, 1.165) is 32.2 Å². The molecule has 2 N–H and O–H groups in total. The molecule has 1 atom stereocenters. The number of hydrogen-bond donors (Lipinski definition) is 2. The zero-order valence-electron chi connectivity index (χ0n) is 11.2. The van der Waals surface area contributed by atoms with Crippen molar-refractivity contribution in [3.63, 3.8) is 0 Å². The van der Waals surface area contributed by atoms with E-state index < -0.39 is 0 Å². The number of aliphatic hydroxyl groups is 1. The van der Waals surface area contributed by atoms with Gasteiger partial charge in [-0.25, -0.2) is 0 Å². The molecule has 0 aromatic carbocycles. The molecule has 2 aliphatic rings. The van der Waals surface area contributed by atoms with Crippen molar-refractivity contribution in [3.8, 4) is 0 Å². The maximum Gasteiger partial charge on any atom is 0.0541 e. The van der Waals surface area contributed by atoms with E-state index in [-0.39, 0.29) is 6.10 Å². The molecule has 1 heterocycles. The van der Waals surface area contributed by atoms with Crippen LogP contribution in [0.4, 0.5) is 0 Å². The Balaban J connectivity index is 1.70. The van der Waals surface area contributed by atoms with Crippen LogP contribution in [0, 0.1) is 0 Å². The first-order valence-corrected chi connectivity index (χ1v) is 6.95. The van der Waals surface area contributed by atoms with Crippen LogP contribution < -0.4 is 5.32 Å². The van der Waals surface area contributed by atoms with Gasteiger partial charge < -0.3 is 15.3 Å². The van der Waals surface area contributed by atoms with E-state index >= 15 is 0 Å². The Morgan fingerprint density at radius 2 is 1.82 bits per heavy atom. The molecule has 1 saturated heterocycles. The Morgan fingerprint density at radius 1 is 1.12 bits per heavy atom. The molecule has 4 nitrogen and oxygen atoms in total. The number of hydrogen-bond acceptors (Lipinski definition) is 4. The van der Waals surface area contributed by atoms with Crippen molar-refractivity contribution < 1.29 is 5.11 Å². The number of aliphatic hydroxyl groups excluding tert-OH is 1. The summed E-state index contributed by atoms with van der Waals surface area (Å²) in [5.74, 6) is 0. The average molecular weight is 241 g/mol. The van der Waals surface area contributed by atoms with Crippen LogP contribution in [0.5, 0.6) is 0 Å². The van der Waals surface area contributed by atoms with E-state index in [1.165, 1.54) is 19.6 Å². The molecule has 0 aromatic rings. The molecule has 0 spiro atoms. The SMILES string of the molecule is CN1CCN(C)C(CNC2CCC(O)CC2)C1. The largest absolute Gasteiger partial charge is 0.393 e. The molecule has 0 amide bonds. The fourth-order valence-electron chi connectivity index (χ4n) is 2.90. The van der Waals surface area contributed by atoms with Gasteiger partial charge in [0, 0.05) is 38.3 Å². The summed E-state index contributed by atoms with van der Waals surface area (Å²) in [6.07, 6.45) is 4.16. The number of nitrogens with zero attached hydrogens (tertiary/aromatic N) is 2. The number of piperazine rings is 1. The summed E-state index contributed by atoms with van der Waals surface area (Å²) in [6, 6.07) is 1.26. The predicted molar refractivity (Wildman–Crippen MR) is 70.2 cm³/mol. The van der Waals surface area contributed by atoms with Crippen LogP contribution in [0.25, 0.3) is 0 Å². The van der Waals surface area contributed by atoms with Gasteiger partial charge in [-0.15, -0.1) is 0 Å². The topological polar surface area (TPSA) is 38.7 Å². The van der Waals surface area contributed by atoms with Gasteiger partial charge in [-0.05, 0) is 39.8 Å². The Morgan fingerprint density at radius 3 is 2.53 bits per heavy atom. The molecule has 1 aliphatic heterocycles. The molecule has 1 saturated carbocycles. The summed E-state index contributed by atoms with van der Waals surface area (Å²) in [4.78, 5) is 4.88. The molecule has 4 heteroatoms. The molecule has 1 unspecified atom stereocenters. The first-order valence-electron chi connectivity index (χ1n) is 6.95. The summed E-state index contributed by atoms with van der Waals surface area (Å²) in [6.45, 7) is 4.61. The molecule has 0 radical (unpaired) electrons. The first kappa shape index (κ1) is 13.3. The van der Waals surface area contributed by atoms with Crippen molar-refractivity contribution >= 4 is 0 Å². The summed E-state index contributed by atoms with van der Waals surface area (Å²) >= 11 is 0. The Bertz CT molecular complexity index is 229. The number of nitrogens with one attached hydrogen (secondary N) is 1. The average Bonchev–Trinajstić information content (AvgIpc) is 2.32. The van der Waals surface area contributed by atoms with Crippen LogP contribution in [-0.2, 0) is 0 Å². The maximum atomic E-state index is 9.48. The summed E-state index contributed by atoms with van der Waals surface area (Å²) in [5, 5.41) is 13.2. The maximum absolute atomic E-state index is 9.48. The van der Waals surface area contributed by atoms with Gasteiger partial charge in [-0.1, -0.05) is 0 Å². The van der Waals surface area contributed by atoms with Crippen LogP contribution in [0.3, 0.4) is 0 Å². The van der Waals surface area contributed by atoms with Crippen LogP contribution >= 0.6 is 0 Å². The lowest BCUT2D eigenvalue weighted by Crippen LogP contribution is -2.55. The minimum atomic E-state index is -0.0449. The number of rotatable bonds is 3. The highest BCUT2D eigenvalue weighted by Gasteiger charge is 2.24. The molecule has 0 bridgehead atoms. The second kappa shape index (κ2) is 6.14. The lowest BCUT2D eigenvalue weighted by Gasteiger charge is -2.39. The molecule has 100 valence electrons. The van der Waals surface area contributed by atoms with Gasteiger partial charge in [0.15, 0.2) is 0 Å². The smallest absolute Gasteiger partial charge is 0.0541 e. The normalized spacial score (nSPS) is 37.2. The van der Waals surface area contributed by atoms with E-state index in [1.807, 2.05) is 0 Å².